The van der Waals surface area contributed by atoms with E-state index in [1.54, 1.807) is 6.08 Å². The van der Waals surface area contributed by atoms with Crippen LogP contribution in [0.1, 0.15) is 39.5 Å². The fourth-order valence-corrected chi connectivity index (χ4v) is 4.06. The van der Waals surface area contributed by atoms with E-state index in [0.29, 0.717) is 19.6 Å². The maximum atomic E-state index is 12.0. The van der Waals surface area contributed by atoms with Gasteiger partial charge in [0.25, 0.3) is 0 Å². The van der Waals surface area contributed by atoms with E-state index >= 15 is 0 Å². The molecular weight excluding hydrogens is 264 g/mol. The highest BCUT2D eigenvalue weighted by atomic mass is 16.7. The summed E-state index contributed by atoms with van der Waals surface area (Å²) in [4.78, 5) is 12.0. The van der Waals surface area contributed by atoms with Gasteiger partial charge < -0.3 is 9.47 Å². The number of rotatable bonds is 2. The Hall–Kier alpha value is -1.19. The number of allylic oxidation sites excluding steroid dienone is 4. The molecule has 0 saturated carbocycles. The van der Waals surface area contributed by atoms with E-state index in [-0.39, 0.29) is 16.6 Å². The van der Waals surface area contributed by atoms with Crippen LogP contribution >= 0.6 is 0 Å². The first kappa shape index (κ1) is 14.7. The van der Waals surface area contributed by atoms with E-state index in [1.807, 2.05) is 12.2 Å². The SMILES string of the molecule is C=CC[C@]1(C)C=C2CC(=O)C=CC[C@]2(C)CC12OCCO2. The zero-order valence-corrected chi connectivity index (χ0v) is 13.0. The van der Waals surface area contributed by atoms with Crippen molar-refractivity contribution >= 4 is 5.78 Å². The van der Waals surface area contributed by atoms with Gasteiger partial charge in [0, 0.05) is 18.3 Å². The summed E-state index contributed by atoms with van der Waals surface area (Å²) in [6.07, 6.45) is 10.8. The Labute approximate surface area is 126 Å². The first-order valence-corrected chi connectivity index (χ1v) is 7.74. The number of hydrogen-bond acceptors (Lipinski definition) is 3. The van der Waals surface area contributed by atoms with E-state index in [1.165, 1.54) is 5.57 Å². The Morgan fingerprint density at radius 2 is 2.05 bits per heavy atom. The lowest BCUT2D eigenvalue weighted by Gasteiger charge is -2.52. The molecule has 0 aromatic carbocycles. The maximum Gasteiger partial charge on any atom is 0.178 e. The molecule has 114 valence electrons. The first-order valence-electron chi connectivity index (χ1n) is 7.74. The van der Waals surface area contributed by atoms with E-state index in [4.69, 9.17) is 9.47 Å². The molecular formula is C18H24O3. The van der Waals surface area contributed by atoms with Crippen molar-refractivity contribution in [2.24, 2.45) is 10.8 Å². The molecule has 0 radical (unpaired) electrons. The highest BCUT2D eigenvalue weighted by Crippen LogP contribution is 2.58. The summed E-state index contributed by atoms with van der Waals surface area (Å²) >= 11 is 0. The van der Waals surface area contributed by atoms with Gasteiger partial charge in [-0.05, 0) is 24.3 Å². The van der Waals surface area contributed by atoms with Crippen LogP contribution in [0, 0.1) is 10.8 Å². The van der Waals surface area contributed by atoms with Crippen LogP contribution in [0.3, 0.4) is 0 Å². The molecule has 1 heterocycles. The second-order valence-corrected chi connectivity index (χ2v) is 7.02. The van der Waals surface area contributed by atoms with E-state index in [2.05, 4.69) is 26.5 Å². The summed E-state index contributed by atoms with van der Waals surface area (Å²) in [6.45, 7) is 9.56. The van der Waals surface area contributed by atoms with Crippen LogP contribution in [-0.2, 0) is 14.3 Å². The van der Waals surface area contributed by atoms with Crippen LogP contribution in [0.15, 0.2) is 36.5 Å². The number of hydrogen-bond donors (Lipinski definition) is 0. The zero-order chi connectivity index (χ0) is 15.1. The second kappa shape index (κ2) is 4.92. The molecule has 21 heavy (non-hydrogen) atoms. The molecule has 3 rings (SSSR count). The fraction of sp³-hybridized carbons (Fsp3) is 0.611. The molecule has 2 aliphatic carbocycles. The minimum absolute atomic E-state index is 0.0618. The number of ether oxygens (including phenoxy) is 2. The lowest BCUT2D eigenvalue weighted by molar-refractivity contribution is -0.239. The number of ketones is 1. The quantitative estimate of drug-likeness (QED) is 0.729. The Bertz CT molecular complexity index is 525. The molecule has 2 atom stereocenters. The molecule has 3 nitrogen and oxygen atoms in total. The van der Waals surface area contributed by atoms with Crippen molar-refractivity contribution in [1.29, 1.82) is 0 Å². The van der Waals surface area contributed by atoms with E-state index < -0.39 is 5.79 Å². The minimum atomic E-state index is -0.583. The molecule has 0 unspecified atom stereocenters. The van der Waals surface area contributed by atoms with Gasteiger partial charge in [-0.25, -0.2) is 0 Å². The van der Waals surface area contributed by atoms with Crippen LogP contribution in [-0.4, -0.2) is 24.8 Å². The molecule has 3 heteroatoms. The van der Waals surface area contributed by atoms with Crippen LogP contribution in [0.4, 0.5) is 0 Å². The number of carbonyl (C=O) groups is 1. The van der Waals surface area contributed by atoms with Crippen molar-refractivity contribution in [2.75, 3.05) is 13.2 Å². The Kier molecular flexibility index (Phi) is 3.45. The summed E-state index contributed by atoms with van der Waals surface area (Å²) in [5, 5.41) is 0. The van der Waals surface area contributed by atoms with Crippen molar-refractivity contribution in [3.8, 4) is 0 Å². The Balaban J connectivity index is 2.09. The third-order valence-electron chi connectivity index (χ3n) is 5.32. The lowest BCUT2D eigenvalue weighted by atomic mass is 9.60. The van der Waals surface area contributed by atoms with Crippen molar-refractivity contribution in [1.82, 2.24) is 0 Å². The van der Waals surface area contributed by atoms with Gasteiger partial charge in [-0.3, -0.25) is 4.79 Å². The van der Waals surface area contributed by atoms with Gasteiger partial charge in [0.1, 0.15) is 0 Å². The summed E-state index contributed by atoms with van der Waals surface area (Å²) in [5.74, 6) is -0.393. The molecule has 0 N–H and O–H groups in total. The molecule has 0 aromatic heterocycles. The zero-order valence-electron chi connectivity index (χ0n) is 13.0. The topological polar surface area (TPSA) is 35.5 Å². The van der Waals surface area contributed by atoms with Gasteiger partial charge in [0.05, 0.1) is 13.2 Å². The monoisotopic (exact) mass is 288 g/mol. The highest BCUT2D eigenvalue weighted by Gasteiger charge is 2.58. The number of fused-ring (bicyclic) bond motifs is 1. The fourth-order valence-electron chi connectivity index (χ4n) is 4.06. The van der Waals surface area contributed by atoms with Crippen LogP contribution < -0.4 is 0 Å². The molecule has 0 aromatic rings. The minimum Gasteiger partial charge on any atom is -0.347 e. The predicted octanol–water partition coefficient (Wildman–Crippen LogP) is 3.57. The average molecular weight is 288 g/mol. The number of carbonyl (C=O) groups excluding carboxylic acids is 1. The molecule has 1 fully saturated rings. The highest BCUT2D eigenvalue weighted by molar-refractivity contribution is 5.92. The summed E-state index contributed by atoms with van der Waals surface area (Å²) in [5.41, 5.74) is 0.907. The lowest BCUT2D eigenvalue weighted by Crippen LogP contribution is -2.53. The smallest absolute Gasteiger partial charge is 0.178 e. The van der Waals surface area contributed by atoms with Crippen LogP contribution in [0.5, 0.6) is 0 Å². The summed E-state index contributed by atoms with van der Waals surface area (Å²) in [6, 6.07) is 0. The molecule has 0 bridgehead atoms. The maximum absolute atomic E-state index is 12.0. The summed E-state index contributed by atoms with van der Waals surface area (Å²) in [7, 11) is 0. The van der Waals surface area contributed by atoms with Gasteiger partial charge in [-0.1, -0.05) is 37.6 Å². The normalized spacial score (nSPS) is 38.0. The van der Waals surface area contributed by atoms with Crippen LogP contribution in [0.2, 0.25) is 0 Å². The molecule has 1 spiro atoms. The van der Waals surface area contributed by atoms with Gasteiger partial charge >= 0.3 is 0 Å². The van der Waals surface area contributed by atoms with E-state index in [9.17, 15) is 4.79 Å². The van der Waals surface area contributed by atoms with Crippen LogP contribution in [0.25, 0.3) is 0 Å². The summed E-state index contributed by atoms with van der Waals surface area (Å²) < 4.78 is 12.2. The third kappa shape index (κ3) is 2.23. The van der Waals surface area contributed by atoms with E-state index in [0.717, 1.165) is 19.3 Å². The molecule has 1 saturated heterocycles. The molecule has 3 aliphatic rings. The third-order valence-corrected chi connectivity index (χ3v) is 5.32. The average Bonchev–Trinajstić information content (AvgIpc) is 2.81. The van der Waals surface area contributed by atoms with Gasteiger partial charge in [0.15, 0.2) is 11.6 Å². The van der Waals surface area contributed by atoms with Gasteiger partial charge in [-0.15, -0.1) is 6.58 Å². The van der Waals surface area contributed by atoms with Gasteiger partial charge in [0.2, 0.25) is 0 Å². The Morgan fingerprint density at radius 1 is 1.33 bits per heavy atom. The first-order chi connectivity index (χ1) is 9.93. The van der Waals surface area contributed by atoms with Crippen molar-refractivity contribution in [2.45, 2.75) is 45.3 Å². The van der Waals surface area contributed by atoms with Crippen molar-refractivity contribution in [3.63, 3.8) is 0 Å². The second-order valence-electron chi connectivity index (χ2n) is 7.02. The van der Waals surface area contributed by atoms with Crippen molar-refractivity contribution < 1.29 is 14.3 Å². The molecule has 0 amide bonds. The standard InChI is InChI=1S/C18H24O3/c1-4-7-17(3)12-14-11-15(19)6-5-8-16(14,2)13-18(17)20-9-10-21-18/h4-6,12H,1,7-11,13H2,2-3H3/t16-,17-/m1/s1. The molecule has 1 aliphatic heterocycles. The largest absolute Gasteiger partial charge is 0.347 e. The van der Waals surface area contributed by atoms with Crippen molar-refractivity contribution in [3.05, 3.63) is 36.5 Å². The Morgan fingerprint density at radius 3 is 2.71 bits per heavy atom. The van der Waals surface area contributed by atoms with Gasteiger partial charge in [-0.2, -0.15) is 0 Å². The predicted molar refractivity (Wildman–Crippen MR) is 81.7 cm³/mol.